The van der Waals surface area contributed by atoms with Crippen LogP contribution >= 0.6 is 0 Å². The molecule has 1 aliphatic carbocycles. The van der Waals surface area contributed by atoms with E-state index in [1.165, 1.54) is 38.8 Å². The molecule has 7 aromatic carbocycles. The van der Waals surface area contributed by atoms with Gasteiger partial charge in [-0.25, -0.2) is 0 Å². The van der Waals surface area contributed by atoms with Gasteiger partial charge in [0.25, 0.3) is 0 Å². The van der Waals surface area contributed by atoms with Crippen LogP contribution < -0.4 is 4.90 Å². The van der Waals surface area contributed by atoms with Gasteiger partial charge < -0.3 is 9.32 Å². The van der Waals surface area contributed by atoms with E-state index in [0.717, 1.165) is 33.6 Å². The number of rotatable bonds is 5. The standard InChI is InChI=1S/C46H35NO/c1-45(2)39-23-12-9-20-36(39)37-21-10-13-24-40(37)46(45,41-25-15-27-43-44(41)38-22-11-14-26-42(38)48-43)32-28-30-35(31-29-32)47(33-16-5-3-6-17-33)34-18-7-4-8-19-34/h3-31H,1-2H3. The van der Waals surface area contributed by atoms with E-state index in [0.29, 0.717) is 0 Å². The third-order valence-electron chi connectivity index (χ3n) is 10.6. The zero-order chi connectivity index (χ0) is 32.3. The zero-order valence-electron chi connectivity index (χ0n) is 27.1. The monoisotopic (exact) mass is 617 g/mol. The highest BCUT2D eigenvalue weighted by atomic mass is 16.3. The van der Waals surface area contributed by atoms with Crippen LogP contribution in [0.2, 0.25) is 0 Å². The minimum Gasteiger partial charge on any atom is -0.456 e. The molecule has 1 aliphatic rings. The van der Waals surface area contributed by atoms with Crippen LogP contribution in [0.15, 0.2) is 180 Å². The van der Waals surface area contributed by atoms with E-state index < -0.39 is 5.41 Å². The molecule has 1 aromatic heterocycles. The van der Waals surface area contributed by atoms with Crippen molar-refractivity contribution in [2.75, 3.05) is 4.90 Å². The Hall–Kier alpha value is -5.86. The third-order valence-corrected chi connectivity index (χ3v) is 10.6. The summed E-state index contributed by atoms with van der Waals surface area (Å²) in [6.45, 7) is 4.86. The van der Waals surface area contributed by atoms with Gasteiger partial charge in [0.15, 0.2) is 0 Å². The van der Waals surface area contributed by atoms with Crippen LogP contribution in [0, 0.1) is 0 Å². The predicted molar refractivity (Wildman–Crippen MR) is 200 cm³/mol. The van der Waals surface area contributed by atoms with Crippen molar-refractivity contribution in [2.45, 2.75) is 24.7 Å². The lowest BCUT2D eigenvalue weighted by molar-refractivity contribution is 0.355. The highest BCUT2D eigenvalue weighted by molar-refractivity contribution is 6.08. The molecule has 2 heteroatoms. The molecular formula is C46H35NO. The molecular weight excluding hydrogens is 583 g/mol. The Morgan fingerprint density at radius 3 is 1.60 bits per heavy atom. The first-order chi connectivity index (χ1) is 23.6. The molecule has 0 aliphatic heterocycles. The van der Waals surface area contributed by atoms with E-state index in [-0.39, 0.29) is 5.41 Å². The predicted octanol–water partition coefficient (Wildman–Crippen LogP) is 12.3. The highest BCUT2D eigenvalue weighted by Crippen LogP contribution is 2.61. The van der Waals surface area contributed by atoms with Crippen LogP contribution in [0.4, 0.5) is 17.1 Å². The lowest BCUT2D eigenvalue weighted by Gasteiger charge is -2.53. The van der Waals surface area contributed by atoms with Gasteiger partial charge in [0.05, 0.1) is 5.41 Å². The minimum absolute atomic E-state index is 0.343. The average molecular weight is 618 g/mol. The van der Waals surface area contributed by atoms with Crippen molar-refractivity contribution in [2.24, 2.45) is 0 Å². The molecule has 1 heterocycles. The molecule has 9 rings (SSSR count). The summed E-state index contributed by atoms with van der Waals surface area (Å²) in [6.07, 6.45) is 0. The topological polar surface area (TPSA) is 16.4 Å². The summed E-state index contributed by atoms with van der Waals surface area (Å²) < 4.78 is 6.53. The van der Waals surface area contributed by atoms with Crippen LogP contribution in [0.5, 0.6) is 0 Å². The molecule has 230 valence electrons. The summed E-state index contributed by atoms with van der Waals surface area (Å²) in [5.74, 6) is 0. The first-order valence-corrected chi connectivity index (χ1v) is 16.7. The highest BCUT2D eigenvalue weighted by Gasteiger charge is 2.55. The summed E-state index contributed by atoms with van der Waals surface area (Å²) in [5.41, 5.74) is 12.0. The molecule has 48 heavy (non-hydrogen) atoms. The fourth-order valence-corrected chi connectivity index (χ4v) is 8.55. The van der Waals surface area contributed by atoms with E-state index in [1.54, 1.807) is 0 Å². The maximum absolute atomic E-state index is 6.53. The second-order valence-corrected chi connectivity index (χ2v) is 13.3. The quantitative estimate of drug-likeness (QED) is 0.191. The number of furan rings is 1. The van der Waals surface area contributed by atoms with E-state index >= 15 is 0 Å². The second-order valence-electron chi connectivity index (χ2n) is 13.3. The van der Waals surface area contributed by atoms with Gasteiger partial charge in [-0.3, -0.25) is 0 Å². The maximum Gasteiger partial charge on any atom is 0.135 e. The number of hydrogen-bond donors (Lipinski definition) is 0. The second kappa shape index (κ2) is 10.9. The number of hydrogen-bond acceptors (Lipinski definition) is 2. The Morgan fingerprint density at radius 1 is 0.417 bits per heavy atom. The van der Waals surface area contributed by atoms with Crippen molar-refractivity contribution in [3.63, 3.8) is 0 Å². The Labute approximate surface area is 281 Å². The molecule has 1 unspecified atom stereocenters. The van der Waals surface area contributed by atoms with Crippen LogP contribution in [-0.4, -0.2) is 0 Å². The average Bonchev–Trinajstić information content (AvgIpc) is 3.53. The van der Waals surface area contributed by atoms with E-state index in [9.17, 15) is 0 Å². The number of anilines is 3. The van der Waals surface area contributed by atoms with Gasteiger partial charge in [0.1, 0.15) is 11.2 Å². The van der Waals surface area contributed by atoms with Gasteiger partial charge in [-0.1, -0.05) is 141 Å². The van der Waals surface area contributed by atoms with Crippen molar-refractivity contribution in [3.8, 4) is 11.1 Å². The Kier molecular flexibility index (Phi) is 6.42. The molecule has 0 amide bonds. The Balaban J connectivity index is 1.37. The normalized spacial score (nSPS) is 16.4. The van der Waals surface area contributed by atoms with Gasteiger partial charge in [0, 0.05) is 33.2 Å². The van der Waals surface area contributed by atoms with Crippen molar-refractivity contribution in [1.82, 2.24) is 0 Å². The van der Waals surface area contributed by atoms with Gasteiger partial charge in [-0.15, -0.1) is 0 Å². The van der Waals surface area contributed by atoms with Crippen LogP contribution in [-0.2, 0) is 10.8 Å². The lowest BCUT2D eigenvalue weighted by Crippen LogP contribution is -2.50. The SMILES string of the molecule is CC1(C)c2ccccc2-c2ccccc2C1(c1ccc(N(c2ccccc2)c2ccccc2)cc1)c1cccc2oc3ccccc3c12. The summed E-state index contributed by atoms with van der Waals surface area (Å²) in [4.78, 5) is 2.33. The fraction of sp³-hybridized carbons (Fsp3) is 0.0870. The zero-order valence-corrected chi connectivity index (χ0v) is 27.1. The maximum atomic E-state index is 6.53. The molecule has 0 N–H and O–H groups in total. The Bertz CT molecular complexity index is 2380. The van der Waals surface area contributed by atoms with E-state index in [2.05, 4.69) is 195 Å². The van der Waals surface area contributed by atoms with Crippen LogP contribution in [0.3, 0.4) is 0 Å². The molecule has 0 radical (unpaired) electrons. The Morgan fingerprint density at radius 2 is 0.917 bits per heavy atom. The molecule has 0 fully saturated rings. The van der Waals surface area contributed by atoms with Gasteiger partial charge in [-0.2, -0.15) is 0 Å². The van der Waals surface area contributed by atoms with Gasteiger partial charge in [0.2, 0.25) is 0 Å². The third kappa shape index (κ3) is 3.99. The van der Waals surface area contributed by atoms with Crippen molar-refractivity contribution < 1.29 is 4.42 Å². The lowest BCUT2D eigenvalue weighted by atomic mass is 9.48. The summed E-state index contributed by atoms with van der Waals surface area (Å²) in [5, 5.41) is 2.32. The molecule has 2 nitrogen and oxygen atoms in total. The van der Waals surface area contributed by atoms with Crippen LogP contribution in [0.25, 0.3) is 33.1 Å². The first kappa shape index (κ1) is 28.4. The first-order valence-electron chi connectivity index (χ1n) is 16.7. The summed E-state index contributed by atoms with van der Waals surface area (Å²) in [7, 11) is 0. The van der Waals surface area contributed by atoms with E-state index in [1.807, 2.05) is 0 Å². The van der Waals surface area contributed by atoms with Gasteiger partial charge >= 0.3 is 0 Å². The molecule has 1 atom stereocenters. The van der Waals surface area contributed by atoms with Crippen LogP contribution in [0.1, 0.15) is 36.1 Å². The smallest absolute Gasteiger partial charge is 0.135 e. The number of nitrogens with zero attached hydrogens (tertiary/aromatic N) is 1. The van der Waals surface area contributed by atoms with Gasteiger partial charge in [-0.05, 0) is 81.9 Å². The minimum atomic E-state index is -0.549. The van der Waals surface area contributed by atoms with Crippen molar-refractivity contribution in [3.05, 3.63) is 198 Å². The molecule has 0 saturated carbocycles. The van der Waals surface area contributed by atoms with Crippen molar-refractivity contribution >= 4 is 39.0 Å². The molecule has 8 aromatic rings. The molecule has 0 spiro atoms. The number of fused-ring (bicyclic) bond motifs is 6. The largest absolute Gasteiger partial charge is 0.456 e. The molecule has 0 bridgehead atoms. The summed E-state index contributed by atoms with van der Waals surface area (Å²) in [6, 6.07) is 63.6. The number of benzene rings is 7. The fourth-order valence-electron chi connectivity index (χ4n) is 8.55. The van der Waals surface area contributed by atoms with Crippen molar-refractivity contribution in [1.29, 1.82) is 0 Å². The van der Waals surface area contributed by atoms with E-state index in [4.69, 9.17) is 4.42 Å². The molecule has 0 saturated heterocycles. The summed E-state index contributed by atoms with van der Waals surface area (Å²) >= 11 is 0. The number of para-hydroxylation sites is 3.